The number of nitrogens with zero attached hydrogens (tertiary/aromatic N) is 2. The number of methoxy groups -OCH3 is 1. The molecule has 0 aliphatic heterocycles. The minimum absolute atomic E-state index is 0.216. The van der Waals surface area contributed by atoms with E-state index in [1.54, 1.807) is 7.11 Å². The number of hydrogen-bond acceptors (Lipinski definition) is 5. The Bertz CT molecular complexity index is 414. The topological polar surface area (TPSA) is 53.5 Å². The third-order valence-electron chi connectivity index (χ3n) is 2.68. The third-order valence-corrected chi connectivity index (χ3v) is 3.05. The Morgan fingerprint density at radius 3 is 2.50 bits per heavy atom. The van der Waals surface area contributed by atoms with Crippen LogP contribution in [0.3, 0.4) is 0 Å². The van der Waals surface area contributed by atoms with Crippen molar-refractivity contribution in [3.63, 3.8) is 0 Å². The molecule has 0 aliphatic carbocycles. The van der Waals surface area contributed by atoms with E-state index in [4.69, 9.17) is 25.8 Å². The van der Waals surface area contributed by atoms with Crippen molar-refractivity contribution in [2.45, 2.75) is 33.1 Å². The van der Waals surface area contributed by atoms with E-state index in [-0.39, 0.29) is 5.92 Å². The molecule has 6 heteroatoms. The maximum Gasteiger partial charge on any atom is 0.221 e. The van der Waals surface area contributed by atoms with Crippen LogP contribution in [0.1, 0.15) is 37.6 Å². The Balaban J connectivity index is 2.43. The number of ether oxygens (including phenoxy) is 3. The van der Waals surface area contributed by atoms with Crippen LogP contribution in [0.2, 0.25) is 5.15 Å². The zero-order valence-corrected chi connectivity index (χ0v) is 13.4. The summed E-state index contributed by atoms with van der Waals surface area (Å²) in [5.74, 6) is 1.48. The van der Waals surface area contributed by atoms with Crippen LogP contribution >= 0.6 is 11.6 Å². The Morgan fingerprint density at radius 2 is 1.85 bits per heavy atom. The van der Waals surface area contributed by atoms with Gasteiger partial charge < -0.3 is 14.2 Å². The summed E-state index contributed by atoms with van der Waals surface area (Å²) >= 11 is 6.09. The molecular weight excluding hydrogens is 280 g/mol. The summed E-state index contributed by atoms with van der Waals surface area (Å²) in [4.78, 5) is 8.65. The van der Waals surface area contributed by atoms with Crippen molar-refractivity contribution in [1.82, 2.24) is 9.97 Å². The van der Waals surface area contributed by atoms with Crippen molar-refractivity contribution in [2.75, 3.05) is 33.5 Å². The molecule has 1 heterocycles. The summed E-state index contributed by atoms with van der Waals surface area (Å²) in [6.07, 6.45) is 0.793. The molecular formula is C14H23ClN2O3. The SMILES string of the molecule is COCCOCCCOc1nc(C(C)C)nc(Cl)c1C. The molecule has 0 atom stereocenters. The van der Waals surface area contributed by atoms with Crippen molar-refractivity contribution in [1.29, 1.82) is 0 Å². The number of rotatable bonds is 9. The summed E-state index contributed by atoms with van der Waals surface area (Å²) in [5.41, 5.74) is 0.774. The largest absolute Gasteiger partial charge is 0.477 e. The van der Waals surface area contributed by atoms with Crippen LogP contribution in [0, 0.1) is 6.92 Å². The third kappa shape index (κ3) is 5.61. The molecule has 0 spiro atoms. The highest BCUT2D eigenvalue weighted by atomic mass is 35.5. The molecule has 0 saturated carbocycles. The van der Waals surface area contributed by atoms with Crippen molar-refractivity contribution in [2.24, 2.45) is 0 Å². The lowest BCUT2D eigenvalue weighted by Gasteiger charge is -2.12. The van der Waals surface area contributed by atoms with Crippen LogP contribution < -0.4 is 4.74 Å². The molecule has 1 aromatic heterocycles. The molecule has 0 N–H and O–H groups in total. The van der Waals surface area contributed by atoms with Crippen molar-refractivity contribution in [3.05, 3.63) is 16.5 Å². The zero-order chi connectivity index (χ0) is 15.0. The predicted octanol–water partition coefficient (Wildman–Crippen LogP) is 2.99. The quantitative estimate of drug-likeness (QED) is 0.518. The van der Waals surface area contributed by atoms with Gasteiger partial charge in [0.1, 0.15) is 11.0 Å². The van der Waals surface area contributed by atoms with E-state index in [0.29, 0.717) is 43.3 Å². The van der Waals surface area contributed by atoms with E-state index in [1.807, 2.05) is 20.8 Å². The van der Waals surface area contributed by atoms with Crippen molar-refractivity contribution < 1.29 is 14.2 Å². The van der Waals surface area contributed by atoms with Crippen LogP contribution in [0.25, 0.3) is 0 Å². The van der Waals surface area contributed by atoms with Gasteiger partial charge in [0.15, 0.2) is 0 Å². The minimum Gasteiger partial charge on any atom is -0.477 e. The first-order chi connectivity index (χ1) is 9.56. The van der Waals surface area contributed by atoms with Gasteiger partial charge in [-0.25, -0.2) is 4.98 Å². The number of aromatic nitrogens is 2. The average molecular weight is 303 g/mol. The second-order valence-corrected chi connectivity index (χ2v) is 5.12. The summed E-state index contributed by atoms with van der Waals surface area (Å²) in [5, 5.41) is 0.454. The predicted molar refractivity (Wildman–Crippen MR) is 78.7 cm³/mol. The van der Waals surface area contributed by atoms with Gasteiger partial charge in [-0.2, -0.15) is 4.98 Å². The van der Waals surface area contributed by atoms with Gasteiger partial charge in [0.05, 0.1) is 19.8 Å². The Labute approximate surface area is 125 Å². The molecule has 114 valence electrons. The smallest absolute Gasteiger partial charge is 0.221 e. The van der Waals surface area contributed by atoms with Gasteiger partial charge in [-0.15, -0.1) is 0 Å². The molecule has 0 radical (unpaired) electrons. The van der Waals surface area contributed by atoms with Gasteiger partial charge in [0.25, 0.3) is 0 Å². The molecule has 0 fully saturated rings. The molecule has 0 aromatic carbocycles. The van der Waals surface area contributed by atoms with E-state index in [1.165, 1.54) is 0 Å². The van der Waals surface area contributed by atoms with Gasteiger partial charge in [-0.1, -0.05) is 25.4 Å². The molecule has 0 unspecified atom stereocenters. The fourth-order valence-corrected chi connectivity index (χ4v) is 1.63. The number of hydrogen-bond donors (Lipinski definition) is 0. The Hall–Kier alpha value is -0.910. The highest BCUT2D eigenvalue weighted by Crippen LogP contribution is 2.24. The van der Waals surface area contributed by atoms with Gasteiger partial charge in [-0.3, -0.25) is 0 Å². The molecule has 0 saturated heterocycles. The van der Waals surface area contributed by atoms with Gasteiger partial charge >= 0.3 is 0 Å². The summed E-state index contributed by atoms with van der Waals surface area (Å²) in [6, 6.07) is 0. The Kier molecular flexibility index (Phi) is 7.80. The van der Waals surface area contributed by atoms with E-state index < -0.39 is 0 Å². The molecule has 1 rings (SSSR count). The fourth-order valence-electron chi connectivity index (χ4n) is 1.46. The first-order valence-corrected chi connectivity index (χ1v) is 7.17. The second kappa shape index (κ2) is 9.10. The van der Waals surface area contributed by atoms with E-state index in [2.05, 4.69) is 9.97 Å². The highest BCUT2D eigenvalue weighted by Gasteiger charge is 2.12. The first-order valence-electron chi connectivity index (χ1n) is 6.79. The van der Waals surface area contributed by atoms with Crippen molar-refractivity contribution >= 4 is 11.6 Å². The average Bonchev–Trinajstić information content (AvgIpc) is 2.41. The monoisotopic (exact) mass is 302 g/mol. The van der Waals surface area contributed by atoms with E-state index in [0.717, 1.165) is 12.0 Å². The fraction of sp³-hybridized carbons (Fsp3) is 0.714. The Morgan fingerprint density at radius 1 is 1.10 bits per heavy atom. The lowest BCUT2D eigenvalue weighted by atomic mass is 10.2. The lowest BCUT2D eigenvalue weighted by molar-refractivity contribution is 0.0641. The van der Waals surface area contributed by atoms with Crippen LogP contribution in [0.5, 0.6) is 5.88 Å². The maximum absolute atomic E-state index is 6.09. The van der Waals surface area contributed by atoms with E-state index >= 15 is 0 Å². The molecule has 0 bridgehead atoms. The van der Waals surface area contributed by atoms with Gasteiger partial charge in [0.2, 0.25) is 5.88 Å². The van der Waals surface area contributed by atoms with Crippen LogP contribution in [-0.4, -0.2) is 43.5 Å². The second-order valence-electron chi connectivity index (χ2n) is 4.76. The normalized spacial score (nSPS) is 11.1. The minimum atomic E-state index is 0.216. The molecule has 20 heavy (non-hydrogen) atoms. The van der Waals surface area contributed by atoms with Crippen LogP contribution in [-0.2, 0) is 9.47 Å². The molecule has 5 nitrogen and oxygen atoms in total. The lowest BCUT2D eigenvalue weighted by Crippen LogP contribution is -2.09. The first kappa shape index (κ1) is 17.1. The highest BCUT2D eigenvalue weighted by molar-refractivity contribution is 6.30. The molecule has 1 aromatic rings. The summed E-state index contributed by atoms with van der Waals surface area (Å²) < 4.78 is 15.9. The zero-order valence-electron chi connectivity index (χ0n) is 12.6. The van der Waals surface area contributed by atoms with Crippen LogP contribution in [0.15, 0.2) is 0 Å². The number of halogens is 1. The molecule has 0 aliphatic rings. The van der Waals surface area contributed by atoms with Gasteiger partial charge in [0, 0.05) is 31.6 Å². The van der Waals surface area contributed by atoms with E-state index in [9.17, 15) is 0 Å². The van der Waals surface area contributed by atoms with Gasteiger partial charge in [-0.05, 0) is 6.92 Å². The van der Waals surface area contributed by atoms with Crippen molar-refractivity contribution in [3.8, 4) is 5.88 Å². The maximum atomic E-state index is 6.09. The van der Waals surface area contributed by atoms with Crippen LogP contribution in [0.4, 0.5) is 0 Å². The summed E-state index contributed by atoms with van der Waals surface area (Å²) in [7, 11) is 1.65. The molecule has 0 amide bonds. The summed E-state index contributed by atoms with van der Waals surface area (Å²) in [6.45, 7) is 8.29. The standard InChI is InChI=1S/C14H23ClN2O3/c1-10(2)13-16-12(15)11(3)14(17-13)20-7-5-6-19-9-8-18-4/h10H,5-9H2,1-4H3.